The normalized spacial score (nSPS) is 14.7. The van der Waals surface area contributed by atoms with E-state index in [1.54, 1.807) is 24.3 Å². The number of hydrogen-bond donors (Lipinski definition) is 1. The third-order valence-electron chi connectivity index (χ3n) is 5.40. The Bertz CT molecular complexity index is 1200. The molecule has 7 nitrogen and oxygen atoms in total. The van der Waals surface area contributed by atoms with Crippen LogP contribution in [0, 0.1) is 0 Å². The maximum absolute atomic E-state index is 12.8. The summed E-state index contributed by atoms with van der Waals surface area (Å²) in [6, 6.07) is 14.0. The van der Waals surface area contributed by atoms with E-state index in [2.05, 4.69) is 10.3 Å². The van der Waals surface area contributed by atoms with Crippen LogP contribution in [0.15, 0.2) is 58.8 Å². The van der Waals surface area contributed by atoms with Gasteiger partial charge in [0.1, 0.15) is 10.8 Å². The number of hydrogen-bond acceptors (Lipinski definition) is 6. The van der Waals surface area contributed by atoms with Gasteiger partial charge in [0, 0.05) is 24.2 Å². The Morgan fingerprint density at radius 1 is 1.09 bits per heavy atom. The maximum atomic E-state index is 12.8. The molecule has 1 fully saturated rings. The van der Waals surface area contributed by atoms with Gasteiger partial charge in [-0.25, -0.2) is 13.4 Å². The molecule has 0 saturated carbocycles. The van der Waals surface area contributed by atoms with Crippen molar-refractivity contribution in [2.45, 2.75) is 37.5 Å². The molecule has 1 aromatic heterocycles. The van der Waals surface area contributed by atoms with E-state index in [9.17, 15) is 13.2 Å². The number of carbonyl (C=O) groups excluding carboxylic acids is 1. The average Bonchev–Trinajstić information content (AvgIpc) is 3.28. The first-order chi connectivity index (χ1) is 16.0. The smallest absolute Gasteiger partial charge is 0.243 e. The molecule has 0 unspecified atom stereocenters. The van der Waals surface area contributed by atoms with E-state index in [4.69, 9.17) is 4.74 Å². The number of carbonyl (C=O) groups is 1. The van der Waals surface area contributed by atoms with Gasteiger partial charge in [0.2, 0.25) is 15.9 Å². The Hall–Kier alpha value is -2.75. The van der Waals surface area contributed by atoms with Crippen molar-refractivity contribution in [1.29, 1.82) is 0 Å². The van der Waals surface area contributed by atoms with Gasteiger partial charge in [-0.2, -0.15) is 4.31 Å². The van der Waals surface area contributed by atoms with E-state index in [1.165, 1.54) is 15.6 Å². The summed E-state index contributed by atoms with van der Waals surface area (Å²) in [7, 11) is -3.49. The molecule has 2 aromatic carbocycles. The summed E-state index contributed by atoms with van der Waals surface area (Å²) in [6.07, 6.45) is 2.98. The largest absolute Gasteiger partial charge is 0.493 e. The number of piperidine rings is 1. The third kappa shape index (κ3) is 5.61. The topological polar surface area (TPSA) is 88.6 Å². The van der Waals surface area contributed by atoms with Crippen LogP contribution in [0.1, 0.15) is 31.9 Å². The number of para-hydroxylation sites is 1. The summed E-state index contributed by atoms with van der Waals surface area (Å²) in [6.45, 7) is 3.62. The molecule has 4 rings (SSSR count). The van der Waals surface area contributed by atoms with Crippen LogP contribution in [0.5, 0.6) is 5.75 Å². The summed E-state index contributed by atoms with van der Waals surface area (Å²) in [5, 5.41) is 5.49. The quantitative estimate of drug-likeness (QED) is 0.505. The SMILES string of the molecule is CCOc1ccccc1-c1nc(CC(=O)Nc2ccc(S(=O)(=O)N3CCCCC3)cc2)cs1. The Labute approximate surface area is 198 Å². The molecule has 0 bridgehead atoms. The summed E-state index contributed by atoms with van der Waals surface area (Å²) < 4.78 is 32.7. The second-order valence-electron chi connectivity index (χ2n) is 7.79. The van der Waals surface area contributed by atoms with E-state index in [0.717, 1.165) is 35.6 Å². The van der Waals surface area contributed by atoms with Crippen LogP contribution in [0.2, 0.25) is 0 Å². The van der Waals surface area contributed by atoms with Crippen molar-refractivity contribution < 1.29 is 17.9 Å². The molecule has 2 heterocycles. The van der Waals surface area contributed by atoms with Crippen LogP contribution in [0.4, 0.5) is 5.69 Å². The predicted octanol–water partition coefficient (Wildman–Crippen LogP) is 4.56. The lowest BCUT2D eigenvalue weighted by molar-refractivity contribution is -0.115. The zero-order chi connectivity index (χ0) is 23.3. The van der Waals surface area contributed by atoms with Gasteiger partial charge < -0.3 is 10.1 Å². The van der Waals surface area contributed by atoms with Crippen molar-refractivity contribution in [2.24, 2.45) is 0 Å². The minimum Gasteiger partial charge on any atom is -0.493 e. The molecule has 3 aromatic rings. The van der Waals surface area contributed by atoms with Crippen LogP contribution in [-0.4, -0.2) is 43.3 Å². The van der Waals surface area contributed by atoms with Crippen LogP contribution in [0.25, 0.3) is 10.6 Å². The fourth-order valence-corrected chi connectivity index (χ4v) is 6.14. The van der Waals surface area contributed by atoms with Crippen molar-refractivity contribution in [3.05, 3.63) is 59.6 Å². The van der Waals surface area contributed by atoms with E-state index in [-0.39, 0.29) is 17.2 Å². The van der Waals surface area contributed by atoms with Crippen molar-refractivity contribution in [2.75, 3.05) is 25.0 Å². The molecular weight excluding hydrogens is 458 g/mol. The number of aromatic nitrogens is 1. The lowest BCUT2D eigenvalue weighted by Gasteiger charge is -2.25. The van der Waals surface area contributed by atoms with Crippen LogP contribution < -0.4 is 10.1 Å². The highest BCUT2D eigenvalue weighted by molar-refractivity contribution is 7.89. The molecule has 0 spiro atoms. The predicted molar refractivity (Wildman–Crippen MR) is 130 cm³/mol. The molecule has 9 heteroatoms. The molecular formula is C24H27N3O4S2. The molecule has 0 aliphatic carbocycles. The standard InChI is InChI=1S/C24H27N3O4S2/c1-2-31-22-9-5-4-8-21(22)24-26-19(17-32-24)16-23(28)25-18-10-12-20(13-11-18)33(29,30)27-14-6-3-7-15-27/h4-5,8-13,17H,2-3,6-7,14-16H2,1H3,(H,25,28). The Morgan fingerprint density at radius 3 is 2.55 bits per heavy atom. The zero-order valence-corrected chi connectivity index (χ0v) is 20.1. The first kappa shape index (κ1) is 23.4. The number of amides is 1. The van der Waals surface area contributed by atoms with Gasteiger partial charge in [-0.3, -0.25) is 4.79 Å². The highest BCUT2D eigenvalue weighted by Gasteiger charge is 2.25. The Balaban J connectivity index is 1.39. The number of nitrogens with zero attached hydrogens (tertiary/aromatic N) is 2. The molecule has 0 atom stereocenters. The first-order valence-corrected chi connectivity index (χ1v) is 13.4. The van der Waals surface area contributed by atoms with Crippen molar-refractivity contribution in [1.82, 2.24) is 9.29 Å². The van der Waals surface area contributed by atoms with Gasteiger partial charge in [0.15, 0.2) is 0 Å². The lowest BCUT2D eigenvalue weighted by Crippen LogP contribution is -2.35. The first-order valence-electron chi connectivity index (χ1n) is 11.0. The van der Waals surface area contributed by atoms with Crippen molar-refractivity contribution in [3.63, 3.8) is 0 Å². The Kier molecular flexibility index (Phi) is 7.42. The van der Waals surface area contributed by atoms with Gasteiger partial charge in [-0.1, -0.05) is 18.6 Å². The molecule has 1 aliphatic heterocycles. The van der Waals surface area contributed by atoms with Crippen LogP contribution in [0.3, 0.4) is 0 Å². The molecule has 1 aliphatic rings. The molecule has 1 N–H and O–H groups in total. The highest BCUT2D eigenvalue weighted by atomic mass is 32.2. The fourth-order valence-electron chi connectivity index (χ4n) is 3.77. The summed E-state index contributed by atoms with van der Waals surface area (Å²) in [5.41, 5.74) is 2.12. The van der Waals surface area contributed by atoms with Gasteiger partial charge in [-0.05, 0) is 56.2 Å². The van der Waals surface area contributed by atoms with E-state index in [0.29, 0.717) is 31.1 Å². The van der Waals surface area contributed by atoms with E-state index < -0.39 is 10.0 Å². The van der Waals surface area contributed by atoms with Gasteiger partial charge in [0.25, 0.3) is 0 Å². The lowest BCUT2D eigenvalue weighted by atomic mass is 10.2. The number of sulfonamides is 1. The van der Waals surface area contributed by atoms with E-state index >= 15 is 0 Å². The minimum atomic E-state index is -3.49. The summed E-state index contributed by atoms with van der Waals surface area (Å²) >= 11 is 1.47. The molecule has 1 saturated heterocycles. The second-order valence-corrected chi connectivity index (χ2v) is 10.6. The van der Waals surface area contributed by atoms with E-state index in [1.807, 2.05) is 36.6 Å². The number of anilines is 1. The third-order valence-corrected chi connectivity index (χ3v) is 8.24. The van der Waals surface area contributed by atoms with Gasteiger partial charge in [0.05, 0.1) is 29.2 Å². The van der Waals surface area contributed by atoms with Gasteiger partial charge in [-0.15, -0.1) is 11.3 Å². The highest BCUT2D eigenvalue weighted by Crippen LogP contribution is 2.32. The average molecular weight is 486 g/mol. The summed E-state index contributed by atoms with van der Waals surface area (Å²) in [4.78, 5) is 17.4. The molecule has 1 amide bonds. The van der Waals surface area contributed by atoms with Crippen molar-refractivity contribution in [3.8, 4) is 16.3 Å². The number of rotatable bonds is 8. The van der Waals surface area contributed by atoms with Crippen molar-refractivity contribution >= 4 is 33.0 Å². The zero-order valence-electron chi connectivity index (χ0n) is 18.5. The monoisotopic (exact) mass is 485 g/mol. The second kappa shape index (κ2) is 10.5. The Morgan fingerprint density at radius 2 is 1.82 bits per heavy atom. The van der Waals surface area contributed by atoms with Gasteiger partial charge >= 0.3 is 0 Å². The molecule has 174 valence electrons. The number of benzene rings is 2. The fraction of sp³-hybridized carbons (Fsp3) is 0.333. The minimum absolute atomic E-state index is 0.126. The summed E-state index contributed by atoms with van der Waals surface area (Å²) in [5.74, 6) is 0.557. The van der Waals surface area contributed by atoms with Crippen LogP contribution in [-0.2, 0) is 21.2 Å². The number of nitrogens with one attached hydrogen (secondary N) is 1. The molecule has 0 radical (unpaired) electrons. The van der Waals surface area contributed by atoms with Crippen LogP contribution >= 0.6 is 11.3 Å². The maximum Gasteiger partial charge on any atom is 0.243 e. The number of ether oxygens (including phenoxy) is 1. The molecule has 33 heavy (non-hydrogen) atoms. The number of thiazole rings is 1.